The summed E-state index contributed by atoms with van der Waals surface area (Å²) in [6.07, 6.45) is 1.78. The molecule has 3 heterocycles. The van der Waals surface area contributed by atoms with Gasteiger partial charge in [-0.25, -0.2) is 9.67 Å². The van der Waals surface area contributed by atoms with Gasteiger partial charge in [0.2, 0.25) is 5.91 Å². The number of pyridine rings is 1. The van der Waals surface area contributed by atoms with Crippen molar-refractivity contribution in [3.63, 3.8) is 0 Å². The normalized spacial score (nSPS) is 14.7. The van der Waals surface area contributed by atoms with Gasteiger partial charge in [-0.3, -0.25) is 9.69 Å². The fourth-order valence-corrected chi connectivity index (χ4v) is 3.96. The van der Waals surface area contributed by atoms with E-state index in [2.05, 4.69) is 27.0 Å². The second kappa shape index (κ2) is 8.67. The molecule has 1 N–H and O–H groups in total. The van der Waals surface area contributed by atoms with Crippen molar-refractivity contribution in [1.29, 1.82) is 0 Å². The molecule has 156 valence electrons. The van der Waals surface area contributed by atoms with Crippen molar-refractivity contribution >= 4 is 17.3 Å². The molecule has 0 bridgehead atoms. The Kier molecular flexibility index (Phi) is 5.81. The van der Waals surface area contributed by atoms with Gasteiger partial charge in [-0.2, -0.15) is 5.10 Å². The highest BCUT2D eigenvalue weighted by Gasteiger charge is 2.24. The maximum atomic E-state index is 12.4. The van der Waals surface area contributed by atoms with E-state index in [4.69, 9.17) is 5.10 Å². The molecule has 7 nitrogen and oxygen atoms in total. The highest BCUT2D eigenvalue weighted by atomic mass is 16.2. The van der Waals surface area contributed by atoms with Gasteiger partial charge in [0.15, 0.2) is 5.82 Å². The lowest BCUT2D eigenvalue weighted by molar-refractivity contribution is -0.117. The minimum atomic E-state index is 0.0302. The summed E-state index contributed by atoms with van der Waals surface area (Å²) >= 11 is 0. The second-order valence-corrected chi connectivity index (χ2v) is 7.80. The maximum Gasteiger partial charge on any atom is 0.238 e. The summed E-state index contributed by atoms with van der Waals surface area (Å²) in [5.74, 6) is 0.860. The van der Waals surface area contributed by atoms with Crippen LogP contribution in [0.5, 0.6) is 0 Å². The largest absolute Gasteiger partial charge is 0.366 e. The molecule has 1 saturated heterocycles. The van der Waals surface area contributed by atoms with Crippen molar-refractivity contribution in [1.82, 2.24) is 19.7 Å². The predicted octanol–water partition coefficient (Wildman–Crippen LogP) is 2.95. The number of piperazine rings is 1. The molecule has 3 aromatic rings. The molecular formula is C23H28N6O. The number of benzene rings is 1. The van der Waals surface area contributed by atoms with E-state index in [1.165, 1.54) is 11.3 Å². The number of hydrogen-bond acceptors (Lipinski definition) is 5. The fourth-order valence-electron chi connectivity index (χ4n) is 3.96. The van der Waals surface area contributed by atoms with Gasteiger partial charge in [0.1, 0.15) is 0 Å². The zero-order chi connectivity index (χ0) is 21.1. The quantitative estimate of drug-likeness (QED) is 0.708. The van der Waals surface area contributed by atoms with Crippen molar-refractivity contribution in [3.05, 3.63) is 65.6 Å². The zero-order valence-electron chi connectivity index (χ0n) is 17.8. The highest BCUT2D eigenvalue weighted by molar-refractivity contribution is 5.92. The van der Waals surface area contributed by atoms with Crippen LogP contribution in [0.4, 0.5) is 11.4 Å². The van der Waals surface area contributed by atoms with Crippen LogP contribution >= 0.6 is 0 Å². The molecule has 4 rings (SSSR count). The van der Waals surface area contributed by atoms with Crippen LogP contribution in [0.1, 0.15) is 17.0 Å². The van der Waals surface area contributed by atoms with Crippen molar-refractivity contribution in [2.45, 2.75) is 20.8 Å². The Morgan fingerprint density at radius 3 is 2.40 bits per heavy atom. The van der Waals surface area contributed by atoms with Crippen LogP contribution in [0.15, 0.2) is 48.7 Å². The van der Waals surface area contributed by atoms with E-state index in [0.717, 1.165) is 49.1 Å². The van der Waals surface area contributed by atoms with E-state index in [0.29, 0.717) is 6.54 Å². The first kappa shape index (κ1) is 20.1. The predicted molar refractivity (Wildman–Crippen MR) is 119 cm³/mol. The summed E-state index contributed by atoms with van der Waals surface area (Å²) in [7, 11) is 0. The third-order valence-electron chi connectivity index (χ3n) is 5.51. The topological polar surface area (TPSA) is 66.3 Å². The van der Waals surface area contributed by atoms with E-state index in [9.17, 15) is 4.79 Å². The number of anilines is 2. The van der Waals surface area contributed by atoms with Crippen LogP contribution in [-0.2, 0) is 4.79 Å². The summed E-state index contributed by atoms with van der Waals surface area (Å²) in [6.45, 7) is 10.0. The van der Waals surface area contributed by atoms with E-state index in [1.54, 1.807) is 6.20 Å². The standard InChI is InChI=1S/C23H28N6O/c1-17-7-9-20(10-8-17)25-22(30)16-27-12-14-28(15-13-27)23-18(2)26-29(19(23)3)21-6-4-5-11-24-21/h4-11H,12-16H2,1-3H3,(H,25,30). The SMILES string of the molecule is Cc1ccc(NC(=O)CN2CCN(c3c(C)nn(-c4ccccn4)c3C)CC2)cc1. The molecule has 0 saturated carbocycles. The molecule has 7 heteroatoms. The monoisotopic (exact) mass is 404 g/mol. The van der Waals surface area contributed by atoms with Gasteiger partial charge in [0.05, 0.1) is 23.6 Å². The number of nitrogens with one attached hydrogen (secondary N) is 1. The van der Waals surface area contributed by atoms with Crippen molar-refractivity contribution in [3.8, 4) is 5.82 Å². The van der Waals surface area contributed by atoms with Gasteiger partial charge in [0.25, 0.3) is 0 Å². The van der Waals surface area contributed by atoms with Crippen molar-refractivity contribution in [2.75, 3.05) is 42.9 Å². The van der Waals surface area contributed by atoms with Gasteiger partial charge >= 0.3 is 0 Å². The first-order valence-electron chi connectivity index (χ1n) is 10.3. The van der Waals surface area contributed by atoms with Crippen LogP contribution in [0.25, 0.3) is 5.82 Å². The van der Waals surface area contributed by atoms with E-state index >= 15 is 0 Å². The molecule has 0 atom stereocenters. The first-order valence-corrected chi connectivity index (χ1v) is 10.3. The number of amides is 1. The molecule has 1 amide bonds. The minimum Gasteiger partial charge on any atom is -0.366 e. The van der Waals surface area contributed by atoms with Gasteiger partial charge in [-0.05, 0) is 45.0 Å². The summed E-state index contributed by atoms with van der Waals surface area (Å²) in [5.41, 5.74) is 5.29. The Labute approximate surface area is 177 Å². The molecule has 1 aliphatic heterocycles. The van der Waals surface area contributed by atoms with Crippen molar-refractivity contribution < 1.29 is 4.79 Å². The van der Waals surface area contributed by atoms with Gasteiger partial charge in [0, 0.05) is 38.1 Å². The van der Waals surface area contributed by atoms with Crippen LogP contribution in [-0.4, -0.2) is 58.3 Å². The Balaban J connectivity index is 1.36. The molecule has 1 aromatic carbocycles. The molecule has 30 heavy (non-hydrogen) atoms. The molecular weight excluding hydrogens is 376 g/mol. The number of nitrogens with zero attached hydrogens (tertiary/aromatic N) is 5. The number of aryl methyl sites for hydroxylation is 2. The number of hydrogen-bond donors (Lipinski definition) is 1. The molecule has 0 spiro atoms. The lowest BCUT2D eigenvalue weighted by Gasteiger charge is -2.35. The Morgan fingerprint density at radius 1 is 1.00 bits per heavy atom. The molecule has 1 aliphatic rings. The number of rotatable bonds is 5. The first-order chi connectivity index (χ1) is 14.5. The van der Waals surface area contributed by atoms with Gasteiger partial charge < -0.3 is 10.2 Å². The third-order valence-corrected chi connectivity index (χ3v) is 5.51. The Morgan fingerprint density at radius 2 is 1.73 bits per heavy atom. The van der Waals surface area contributed by atoms with Crippen molar-refractivity contribution in [2.24, 2.45) is 0 Å². The summed E-state index contributed by atoms with van der Waals surface area (Å²) in [4.78, 5) is 21.4. The van der Waals surface area contributed by atoms with Crippen LogP contribution < -0.4 is 10.2 Å². The third kappa shape index (κ3) is 4.36. The smallest absolute Gasteiger partial charge is 0.238 e. The number of carbonyl (C=O) groups excluding carboxylic acids is 1. The molecule has 2 aromatic heterocycles. The zero-order valence-corrected chi connectivity index (χ0v) is 17.8. The Hall–Kier alpha value is -3.19. The lowest BCUT2D eigenvalue weighted by atomic mass is 10.2. The molecule has 0 aliphatic carbocycles. The Bertz CT molecular complexity index is 1000. The molecule has 0 unspecified atom stereocenters. The lowest BCUT2D eigenvalue weighted by Crippen LogP contribution is -2.49. The van der Waals surface area contributed by atoms with Gasteiger partial charge in [-0.1, -0.05) is 23.8 Å². The number of aromatic nitrogens is 3. The van der Waals surface area contributed by atoms with E-state index in [1.807, 2.05) is 61.0 Å². The summed E-state index contributed by atoms with van der Waals surface area (Å²) < 4.78 is 1.91. The van der Waals surface area contributed by atoms with E-state index in [-0.39, 0.29) is 5.91 Å². The fraction of sp³-hybridized carbons (Fsp3) is 0.348. The maximum absolute atomic E-state index is 12.4. The average Bonchev–Trinajstić information content (AvgIpc) is 3.05. The average molecular weight is 405 g/mol. The molecule has 1 fully saturated rings. The van der Waals surface area contributed by atoms with Crippen LogP contribution in [0.3, 0.4) is 0 Å². The minimum absolute atomic E-state index is 0.0302. The number of carbonyl (C=O) groups is 1. The van der Waals surface area contributed by atoms with Crippen LogP contribution in [0, 0.1) is 20.8 Å². The summed E-state index contributed by atoms with van der Waals surface area (Å²) in [5, 5.41) is 7.70. The molecule has 0 radical (unpaired) electrons. The second-order valence-electron chi connectivity index (χ2n) is 7.80. The van der Waals surface area contributed by atoms with Crippen LogP contribution in [0.2, 0.25) is 0 Å². The van der Waals surface area contributed by atoms with E-state index < -0.39 is 0 Å². The highest BCUT2D eigenvalue weighted by Crippen LogP contribution is 2.27. The summed E-state index contributed by atoms with van der Waals surface area (Å²) in [6, 6.07) is 13.7. The van der Waals surface area contributed by atoms with Gasteiger partial charge in [-0.15, -0.1) is 0 Å².